The molecule has 0 saturated carbocycles. The van der Waals surface area contributed by atoms with Crippen molar-refractivity contribution in [1.29, 1.82) is 0 Å². The van der Waals surface area contributed by atoms with E-state index in [0.29, 0.717) is 0 Å². The van der Waals surface area contributed by atoms with Crippen molar-refractivity contribution >= 4 is 17.4 Å². The minimum atomic E-state index is 0.820. The minimum absolute atomic E-state index is 0.820. The molecule has 0 spiro atoms. The molecule has 0 amide bonds. The first kappa shape index (κ1) is 12.0. The highest BCUT2D eigenvalue weighted by Crippen LogP contribution is 2.27. The van der Waals surface area contributed by atoms with E-state index >= 15 is 0 Å². The predicted molar refractivity (Wildman–Crippen MR) is 74.1 cm³/mol. The van der Waals surface area contributed by atoms with Crippen LogP contribution in [0.15, 0.2) is 41.6 Å². The third-order valence-corrected chi connectivity index (χ3v) is 3.77. The van der Waals surface area contributed by atoms with Gasteiger partial charge in [0.25, 0.3) is 0 Å². The largest absolute Gasteiger partial charge is 0.399 e. The van der Waals surface area contributed by atoms with Gasteiger partial charge in [0.15, 0.2) is 0 Å². The average Bonchev–Trinajstić information content (AvgIpc) is 2.30. The summed E-state index contributed by atoms with van der Waals surface area (Å²) in [6.07, 6.45) is 3.79. The Hall–Kier alpha value is -1.48. The smallest absolute Gasteiger partial charge is 0.0325 e. The van der Waals surface area contributed by atoms with E-state index in [1.54, 1.807) is 11.8 Å². The number of nitrogens with zero attached hydrogens (tertiary/aromatic N) is 1. The monoisotopic (exact) mass is 244 g/mol. The number of nitrogens with two attached hydrogens (primary N) is 1. The second-order valence-corrected chi connectivity index (χ2v) is 5.20. The summed E-state index contributed by atoms with van der Waals surface area (Å²) in [6.45, 7) is 4.17. The van der Waals surface area contributed by atoms with Crippen molar-refractivity contribution in [2.45, 2.75) is 24.5 Å². The maximum absolute atomic E-state index is 5.79. The van der Waals surface area contributed by atoms with E-state index in [-0.39, 0.29) is 0 Å². The van der Waals surface area contributed by atoms with Crippen LogP contribution in [0.2, 0.25) is 0 Å². The molecule has 0 unspecified atom stereocenters. The number of nitrogen functional groups attached to an aromatic ring is 1. The number of pyridine rings is 1. The van der Waals surface area contributed by atoms with Crippen LogP contribution in [-0.4, -0.2) is 4.98 Å². The van der Waals surface area contributed by atoms with Crippen LogP contribution in [-0.2, 0) is 5.75 Å². The minimum Gasteiger partial charge on any atom is -0.399 e. The van der Waals surface area contributed by atoms with Crippen molar-refractivity contribution in [1.82, 2.24) is 4.98 Å². The summed E-state index contributed by atoms with van der Waals surface area (Å²) in [4.78, 5) is 5.44. The molecule has 0 radical (unpaired) electrons. The van der Waals surface area contributed by atoms with Crippen LogP contribution in [0, 0.1) is 13.8 Å². The Balaban J connectivity index is 2.09. The van der Waals surface area contributed by atoms with Gasteiger partial charge in [-0.15, -0.1) is 11.8 Å². The Bertz CT molecular complexity index is 523. The van der Waals surface area contributed by atoms with Crippen LogP contribution >= 0.6 is 11.8 Å². The first-order valence-electron chi connectivity index (χ1n) is 5.54. The summed E-state index contributed by atoms with van der Waals surface area (Å²) in [6, 6.07) is 8.20. The lowest BCUT2D eigenvalue weighted by atomic mass is 10.2. The molecule has 1 aromatic carbocycles. The van der Waals surface area contributed by atoms with Gasteiger partial charge in [-0.05, 0) is 42.7 Å². The van der Waals surface area contributed by atoms with Gasteiger partial charge in [0.1, 0.15) is 0 Å². The molecule has 2 rings (SSSR count). The summed E-state index contributed by atoms with van der Waals surface area (Å²) in [5, 5.41) is 0. The molecule has 17 heavy (non-hydrogen) atoms. The molecular weight excluding hydrogens is 228 g/mol. The summed E-state index contributed by atoms with van der Waals surface area (Å²) in [5.74, 6) is 0.930. The Labute approximate surface area is 106 Å². The number of benzene rings is 1. The number of rotatable bonds is 3. The van der Waals surface area contributed by atoms with Crippen molar-refractivity contribution < 1.29 is 0 Å². The molecule has 0 fully saturated rings. The van der Waals surface area contributed by atoms with E-state index in [4.69, 9.17) is 5.73 Å². The fourth-order valence-electron chi connectivity index (χ4n) is 1.63. The molecule has 1 heterocycles. The van der Waals surface area contributed by atoms with E-state index in [1.165, 1.54) is 21.6 Å². The molecule has 2 nitrogen and oxygen atoms in total. The first-order valence-corrected chi connectivity index (χ1v) is 6.53. The van der Waals surface area contributed by atoms with E-state index in [2.05, 4.69) is 31.0 Å². The van der Waals surface area contributed by atoms with Gasteiger partial charge in [0, 0.05) is 28.7 Å². The number of aromatic nitrogens is 1. The topological polar surface area (TPSA) is 38.9 Å². The molecule has 0 aliphatic rings. The lowest BCUT2D eigenvalue weighted by Gasteiger charge is -2.07. The molecule has 0 bridgehead atoms. The first-order chi connectivity index (χ1) is 8.15. The standard InChI is InChI=1S/C14H16N2S/c1-10-5-12(8-16-7-10)9-17-14-6-13(15)4-3-11(14)2/h3-8H,9,15H2,1-2H3. The molecule has 3 heteroatoms. The number of hydrogen-bond donors (Lipinski definition) is 1. The third kappa shape index (κ3) is 3.24. The van der Waals surface area contributed by atoms with Crippen LogP contribution in [0.25, 0.3) is 0 Å². The van der Waals surface area contributed by atoms with Gasteiger partial charge in [0.05, 0.1) is 0 Å². The number of thioether (sulfide) groups is 1. The number of anilines is 1. The zero-order chi connectivity index (χ0) is 12.3. The molecule has 88 valence electrons. The number of aryl methyl sites for hydroxylation is 2. The van der Waals surface area contributed by atoms with Crippen LogP contribution in [0.4, 0.5) is 5.69 Å². The second kappa shape index (κ2) is 5.23. The van der Waals surface area contributed by atoms with Crippen molar-refractivity contribution in [3.63, 3.8) is 0 Å². The normalized spacial score (nSPS) is 10.5. The molecule has 0 aliphatic carbocycles. The highest BCUT2D eigenvalue weighted by atomic mass is 32.2. The molecule has 0 saturated heterocycles. The lowest BCUT2D eigenvalue weighted by Crippen LogP contribution is -1.89. The maximum Gasteiger partial charge on any atom is 0.0325 e. The molecule has 0 atom stereocenters. The zero-order valence-electron chi connectivity index (χ0n) is 10.1. The molecule has 2 aromatic rings. The average molecular weight is 244 g/mol. The van der Waals surface area contributed by atoms with E-state index in [9.17, 15) is 0 Å². The maximum atomic E-state index is 5.79. The van der Waals surface area contributed by atoms with Crippen molar-refractivity contribution in [2.24, 2.45) is 0 Å². The van der Waals surface area contributed by atoms with Crippen molar-refractivity contribution in [2.75, 3.05) is 5.73 Å². The van der Waals surface area contributed by atoms with Gasteiger partial charge in [-0.3, -0.25) is 4.98 Å². The van der Waals surface area contributed by atoms with Gasteiger partial charge in [0.2, 0.25) is 0 Å². The molecule has 1 aromatic heterocycles. The quantitative estimate of drug-likeness (QED) is 0.662. The third-order valence-electron chi connectivity index (χ3n) is 2.54. The summed E-state index contributed by atoms with van der Waals surface area (Å²) >= 11 is 1.80. The van der Waals surface area contributed by atoms with Crippen LogP contribution in [0.1, 0.15) is 16.7 Å². The van der Waals surface area contributed by atoms with Crippen LogP contribution in [0.3, 0.4) is 0 Å². The Kier molecular flexibility index (Phi) is 3.69. The predicted octanol–water partition coefficient (Wildman–Crippen LogP) is 3.57. The van der Waals surface area contributed by atoms with E-state index in [1.807, 2.05) is 24.5 Å². The Morgan fingerprint density at radius 3 is 2.76 bits per heavy atom. The van der Waals surface area contributed by atoms with Gasteiger partial charge in [-0.2, -0.15) is 0 Å². The highest BCUT2D eigenvalue weighted by Gasteiger charge is 2.01. The second-order valence-electron chi connectivity index (χ2n) is 4.18. The summed E-state index contributed by atoms with van der Waals surface area (Å²) < 4.78 is 0. The van der Waals surface area contributed by atoms with Crippen molar-refractivity contribution in [3.8, 4) is 0 Å². The van der Waals surface area contributed by atoms with Crippen LogP contribution in [0.5, 0.6) is 0 Å². The zero-order valence-corrected chi connectivity index (χ0v) is 10.9. The van der Waals surface area contributed by atoms with E-state index in [0.717, 1.165) is 11.4 Å². The van der Waals surface area contributed by atoms with Crippen molar-refractivity contribution in [3.05, 3.63) is 53.3 Å². The van der Waals surface area contributed by atoms with Gasteiger partial charge in [-0.1, -0.05) is 12.1 Å². The molecule has 0 aliphatic heterocycles. The van der Waals surface area contributed by atoms with Gasteiger partial charge in [-0.25, -0.2) is 0 Å². The summed E-state index contributed by atoms with van der Waals surface area (Å²) in [7, 11) is 0. The Morgan fingerprint density at radius 2 is 2.00 bits per heavy atom. The molecule has 2 N–H and O–H groups in total. The summed E-state index contributed by atoms with van der Waals surface area (Å²) in [5.41, 5.74) is 10.3. The van der Waals surface area contributed by atoms with E-state index < -0.39 is 0 Å². The fraction of sp³-hybridized carbons (Fsp3) is 0.214. The lowest BCUT2D eigenvalue weighted by molar-refractivity contribution is 1.20. The van der Waals surface area contributed by atoms with Gasteiger partial charge >= 0.3 is 0 Å². The SMILES string of the molecule is Cc1cncc(CSc2cc(N)ccc2C)c1. The Morgan fingerprint density at radius 1 is 1.18 bits per heavy atom. The fourth-order valence-corrected chi connectivity index (χ4v) is 2.62. The highest BCUT2D eigenvalue weighted by molar-refractivity contribution is 7.98. The molecular formula is C14H16N2S. The van der Waals surface area contributed by atoms with Gasteiger partial charge < -0.3 is 5.73 Å². The van der Waals surface area contributed by atoms with Crippen LogP contribution < -0.4 is 5.73 Å². The number of hydrogen-bond acceptors (Lipinski definition) is 3.